The van der Waals surface area contributed by atoms with Gasteiger partial charge in [0.05, 0.1) is 12.7 Å². The summed E-state index contributed by atoms with van der Waals surface area (Å²) in [4.78, 5) is 37.2. The Bertz CT molecular complexity index is 1580. The molecule has 0 spiro atoms. The van der Waals surface area contributed by atoms with Crippen LogP contribution in [0.25, 0.3) is 10.9 Å². The van der Waals surface area contributed by atoms with E-state index in [0.29, 0.717) is 36.6 Å². The van der Waals surface area contributed by atoms with Crippen molar-refractivity contribution in [3.8, 4) is 0 Å². The summed E-state index contributed by atoms with van der Waals surface area (Å²) in [7, 11) is 1.60. The summed E-state index contributed by atoms with van der Waals surface area (Å²) < 4.78 is 3.81. The number of carboxylic acids is 1. The number of rotatable bonds is 11. The van der Waals surface area contributed by atoms with Gasteiger partial charge in [-0.05, 0) is 85.9 Å². The smallest absolute Gasteiger partial charge is 0.303 e. The van der Waals surface area contributed by atoms with E-state index in [0.717, 1.165) is 40.4 Å². The maximum absolute atomic E-state index is 13.7. The molecule has 0 bridgehead atoms. The second-order valence-corrected chi connectivity index (χ2v) is 10.7. The number of carbonyl (C=O) groups excluding carboxylic acids is 2. The van der Waals surface area contributed by atoms with E-state index in [1.807, 2.05) is 65.7 Å². The Labute approximate surface area is 233 Å². The summed E-state index contributed by atoms with van der Waals surface area (Å²) in [5, 5.41) is 20.4. The minimum absolute atomic E-state index is 0.0606. The van der Waals surface area contributed by atoms with Crippen LogP contribution in [0.3, 0.4) is 0 Å². The van der Waals surface area contributed by atoms with Gasteiger partial charge in [0.15, 0.2) is 0 Å². The van der Waals surface area contributed by atoms with Gasteiger partial charge in [0.2, 0.25) is 5.91 Å². The molecule has 208 valence electrons. The highest BCUT2D eigenvalue weighted by Gasteiger charge is 2.29. The number of anilines is 1. The quantitative estimate of drug-likeness (QED) is 0.246. The van der Waals surface area contributed by atoms with Crippen LogP contribution < -0.4 is 10.6 Å². The largest absolute Gasteiger partial charge is 0.481 e. The maximum atomic E-state index is 13.7. The Kier molecular flexibility index (Phi) is 7.73. The van der Waals surface area contributed by atoms with E-state index >= 15 is 0 Å². The van der Waals surface area contributed by atoms with Gasteiger partial charge in [-0.25, -0.2) is 0 Å². The third kappa shape index (κ3) is 5.93. The molecule has 2 amide bonds. The first-order valence-electron chi connectivity index (χ1n) is 13.7. The number of aliphatic carboxylic acids is 1. The number of nitrogens with zero attached hydrogens (tertiary/aromatic N) is 3. The minimum Gasteiger partial charge on any atom is -0.481 e. The van der Waals surface area contributed by atoms with E-state index in [9.17, 15) is 14.4 Å². The maximum Gasteiger partial charge on any atom is 0.303 e. The molecule has 1 fully saturated rings. The molecule has 3 N–H and O–H groups in total. The Hall–Kier alpha value is -4.40. The Morgan fingerprint density at radius 2 is 1.93 bits per heavy atom. The Morgan fingerprint density at radius 1 is 1.12 bits per heavy atom. The third-order valence-corrected chi connectivity index (χ3v) is 7.54. The topological polar surface area (TPSA) is 118 Å². The van der Waals surface area contributed by atoms with E-state index in [2.05, 4.69) is 21.9 Å². The first kappa shape index (κ1) is 27.2. The lowest BCUT2D eigenvalue weighted by atomic mass is 10.0. The van der Waals surface area contributed by atoms with Crippen molar-refractivity contribution >= 4 is 34.4 Å². The summed E-state index contributed by atoms with van der Waals surface area (Å²) in [6.45, 7) is 4.40. The van der Waals surface area contributed by atoms with Crippen molar-refractivity contribution in [3.05, 3.63) is 82.8 Å². The molecule has 0 radical (unpaired) electrons. The van der Waals surface area contributed by atoms with Gasteiger partial charge in [0.25, 0.3) is 5.91 Å². The highest BCUT2D eigenvalue weighted by atomic mass is 16.4. The van der Waals surface area contributed by atoms with Gasteiger partial charge in [-0.1, -0.05) is 18.2 Å². The molecule has 2 heterocycles. The van der Waals surface area contributed by atoms with Crippen LogP contribution in [0.15, 0.2) is 55.0 Å². The number of aryl methyl sites for hydroxylation is 2. The molecule has 1 atom stereocenters. The van der Waals surface area contributed by atoms with Crippen molar-refractivity contribution in [3.63, 3.8) is 0 Å². The summed E-state index contributed by atoms with van der Waals surface area (Å²) in [6, 6.07) is 11.0. The van der Waals surface area contributed by atoms with Crippen molar-refractivity contribution in [2.75, 3.05) is 12.4 Å². The van der Waals surface area contributed by atoms with E-state index in [1.165, 1.54) is 5.56 Å². The van der Waals surface area contributed by atoms with Crippen LogP contribution in [0.4, 0.5) is 5.69 Å². The predicted octanol–water partition coefficient (Wildman–Crippen LogP) is 5.04. The number of hydrogen-bond donors (Lipinski definition) is 3. The van der Waals surface area contributed by atoms with Crippen LogP contribution in [0.1, 0.15) is 77.2 Å². The number of aromatic nitrogens is 3. The van der Waals surface area contributed by atoms with Crippen molar-refractivity contribution in [1.29, 1.82) is 0 Å². The van der Waals surface area contributed by atoms with Crippen molar-refractivity contribution < 1.29 is 19.5 Å². The zero-order valence-corrected chi connectivity index (χ0v) is 23.1. The van der Waals surface area contributed by atoms with Crippen molar-refractivity contribution in [2.24, 2.45) is 0 Å². The summed E-state index contributed by atoms with van der Waals surface area (Å²) in [5.74, 6) is -0.716. The average molecular weight is 542 g/mol. The molecule has 5 rings (SSSR count). The number of carbonyl (C=O) groups is 3. The van der Waals surface area contributed by atoms with E-state index in [-0.39, 0.29) is 18.2 Å². The normalized spacial score (nSPS) is 13.8. The molecule has 2 aromatic heterocycles. The van der Waals surface area contributed by atoms with Crippen molar-refractivity contribution in [1.82, 2.24) is 19.7 Å². The van der Waals surface area contributed by atoms with Gasteiger partial charge in [-0.3, -0.25) is 19.1 Å². The molecule has 0 aliphatic heterocycles. The van der Waals surface area contributed by atoms with Gasteiger partial charge >= 0.3 is 5.97 Å². The first-order valence-corrected chi connectivity index (χ1v) is 13.7. The Balaban J connectivity index is 1.44. The number of nitrogens with one attached hydrogen (secondary N) is 2. The zero-order valence-electron chi connectivity index (χ0n) is 23.1. The lowest BCUT2D eigenvalue weighted by Gasteiger charge is -2.18. The fourth-order valence-electron chi connectivity index (χ4n) is 5.19. The number of benzene rings is 2. The van der Waals surface area contributed by atoms with Crippen LogP contribution in [-0.2, 0) is 22.6 Å². The minimum atomic E-state index is -0.841. The second kappa shape index (κ2) is 11.4. The number of hydrogen-bond acceptors (Lipinski definition) is 4. The molecule has 9 nitrogen and oxygen atoms in total. The van der Waals surface area contributed by atoms with E-state index in [1.54, 1.807) is 13.2 Å². The van der Waals surface area contributed by atoms with E-state index in [4.69, 9.17) is 5.11 Å². The molecule has 1 aliphatic rings. The molecule has 0 saturated heterocycles. The van der Waals surface area contributed by atoms with Gasteiger partial charge in [0.1, 0.15) is 6.04 Å². The molecule has 2 aromatic carbocycles. The zero-order chi connectivity index (χ0) is 28.4. The van der Waals surface area contributed by atoms with Crippen LogP contribution >= 0.6 is 0 Å². The molecule has 1 saturated carbocycles. The molecule has 4 aromatic rings. The molecular formula is C31H35N5O4. The number of fused-ring (bicyclic) bond motifs is 1. The highest BCUT2D eigenvalue weighted by Crippen LogP contribution is 2.44. The molecule has 40 heavy (non-hydrogen) atoms. The molecule has 1 aliphatic carbocycles. The van der Waals surface area contributed by atoms with Gasteiger partial charge in [0, 0.05) is 48.0 Å². The average Bonchev–Trinajstić information content (AvgIpc) is 3.59. The second-order valence-electron chi connectivity index (χ2n) is 10.7. The van der Waals surface area contributed by atoms with Gasteiger partial charge in [-0.2, -0.15) is 5.10 Å². The van der Waals surface area contributed by atoms with E-state index < -0.39 is 12.0 Å². The summed E-state index contributed by atoms with van der Waals surface area (Å²) >= 11 is 0. The lowest BCUT2D eigenvalue weighted by molar-refractivity contribution is -0.137. The monoisotopic (exact) mass is 541 g/mol. The Morgan fingerprint density at radius 3 is 2.60 bits per heavy atom. The number of amides is 2. The van der Waals surface area contributed by atoms with Crippen LogP contribution in [0.2, 0.25) is 0 Å². The third-order valence-electron chi connectivity index (χ3n) is 7.54. The van der Waals surface area contributed by atoms with Crippen LogP contribution in [0, 0.1) is 6.92 Å². The highest BCUT2D eigenvalue weighted by molar-refractivity contribution is 6.00. The fourth-order valence-corrected chi connectivity index (χ4v) is 5.19. The molecular weight excluding hydrogens is 506 g/mol. The fraction of sp³-hybridized carbons (Fsp3) is 0.355. The first-order chi connectivity index (χ1) is 19.2. The van der Waals surface area contributed by atoms with Crippen molar-refractivity contribution in [2.45, 2.75) is 64.5 Å². The molecule has 0 unspecified atom stereocenters. The SMILES string of the molecule is CNC(=O)c1ccc2c(C3CC3)cn([C@H](C)C(=O)Nc3cc(Cn4cc(C)cn4)ccc3CCCC(=O)O)c2c1. The van der Waals surface area contributed by atoms with Gasteiger partial charge in [-0.15, -0.1) is 0 Å². The van der Waals surface area contributed by atoms with Crippen LogP contribution in [-0.4, -0.2) is 44.3 Å². The summed E-state index contributed by atoms with van der Waals surface area (Å²) in [5.41, 5.74) is 6.22. The number of carboxylic acid groups (broad SMARTS) is 1. The molecule has 9 heteroatoms. The van der Waals surface area contributed by atoms with Crippen LogP contribution in [0.5, 0.6) is 0 Å². The lowest BCUT2D eigenvalue weighted by Crippen LogP contribution is -2.24. The summed E-state index contributed by atoms with van der Waals surface area (Å²) in [6.07, 6.45) is 9.14. The standard InChI is InChI=1S/C31H35N5O4/c1-19-15-33-35(16-19)17-21-7-8-23(5-4-6-29(37)38)27(13-21)34-30(39)20(2)36-18-26(22-9-10-22)25-12-11-24(14-28(25)36)31(40)32-3/h7-8,11-16,18,20,22H,4-6,9-10,17H2,1-3H3,(H,32,40)(H,34,39)(H,37,38)/t20-/m1/s1. The predicted molar refractivity (Wildman–Crippen MR) is 154 cm³/mol. The van der Waals surface area contributed by atoms with Gasteiger partial charge < -0.3 is 20.3 Å².